The fraction of sp³-hybridized carbons (Fsp3) is 0. The number of rotatable bonds is 0. The van der Waals surface area contributed by atoms with Crippen LogP contribution in [0.1, 0.15) is 0 Å². The van der Waals surface area contributed by atoms with Crippen LogP contribution >= 0.6 is 10.6 Å². The van der Waals surface area contributed by atoms with Crippen LogP contribution in [0.4, 0.5) is 0 Å². The van der Waals surface area contributed by atoms with E-state index in [4.69, 9.17) is 5.41 Å². The zero-order valence-electron chi connectivity index (χ0n) is 2.80. The maximum absolute atomic E-state index is 6.22. The van der Waals surface area contributed by atoms with Crippen molar-refractivity contribution in [3.05, 3.63) is 0 Å². The molecule has 6 heavy (non-hydrogen) atoms. The third-order valence-corrected chi connectivity index (χ3v) is 0. The fourth-order valence-corrected chi connectivity index (χ4v) is 0. The summed E-state index contributed by atoms with van der Waals surface area (Å²) in [6, 6.07) is 0. The van der Waals surface area contributed by atoms with Crippen LogP contribution in [0.5, 0.6) is 0 Å². The van der Waals surface area contributed by atoms with Crippen LogP contribution in [0.15, 0.2) is 0 Å². The second-order valence-electron chi connectivity index (χ2n) is 0.364. The average molecular weight is 233 g/mol. The molecule has 0 bridgehead atoms. The quantitative estimate of drug-likeness (QED) is 0.330. The van der Waals surface area contributed by atoms with E-state index in [0.29, 0.717) is 0 Å². The summed E-state index contributed by atoms with van der Waals surface area (Å²) in [7, 11) is 3.96. The first-order valence-electron chi connectivity index (χ1n) is 0.909. The van der Waals surface area contributed by atoms with Gasteiger partial charge in [-0.15, -0.1) is 0 Å². The zero-order valence-corrected chi connectivity index (χ0v) is 7.04. The third kappa shape index (κ3) is 124. The van der Waals surface area contributed by atoms with Crippen molar-refractivity contribution in [1.29, 1.82) is 5.41 Å². The standard InChI is InChI=1S/CH3N2Se.SSe/c2-1(3)4;1-2/h(H3,2,3);. The SMILES string of the molecule is N=C(N)[Se].S=[Se]. The van der Waals surface area contributed by atoms with Crippen molar-refractivity contribution in [3.8, 4) is 0 Å². The van der Waals surface area contributed by atoms with Gasteiger partial charge in [0.2, 0.25) is 0 Å². The number of nitrogens with one attached hydrogen (secondary N) is 1. The van der Waals surface area contributed by atoms with E-state index < -0.39 is 0 Å². The molecule has 3 N–H and O–H groups in total. The number of nitrogens with two attached hydrogens (primary N) is 1. The van der Waals surface area contributed by atoms with E-state index in [1.807, 2.05) is 0 Å². The van der Waals surface area contributed by atoms with E-state index in [2.05, 4.69) is 46.7 Å². The van der Waals surface area contributed by atoms with Gasteiger partial charge in [0.25, 0.3) is 0 Å². The van der Waals surface area contributed by atoms with E-state index >= 15 is 0 Å². The molecule has 0 rings (SSSR count). The van der Waals surface area contributed by atoms with Crippen molar-refractivity contribution < 1.29 is 0 Å². The molecule has 0 saturated heterocycles. The molecule has 0 amide bonds. The van der Waals surface area contributed by atoms with Gasteiger partial charge < -0.3 is 0 Å². The maximum atomic E-state index is 6.22. The van der Waals surface area contributed by atoms with Crippen LogP contribution in [0.2, 0.25) is 0 Å². The van der Waals surface area contributed by atoms with Crippen molar-refractivity contribution in [2.45, 2.75) is 0 Å². The van der Waals surface area contributed by atoms with Gasteiger partial charge in [-0.2, -0.15) is 0 Å². The molecule has 0 aliphatic carbocycles. The number of hydrogen-bond donors (Lipinski definition) is 2. The summed E-state index contributed by atoms with van der Waals surface area (Å²) in [4.78, 5) is 0. The van der Waals surface area contributed by atoms with Gasteiger partial charge in [0.05, 0.1) is 0 Å². The topological polar surface area (TPSA) is 49.9 Å². The molecule has 0 fully saturated rings. The minimum atomic E-state index is 0.0417. The van der Waals surface area contributed by atoms with Crippen molar-refractivity contribution in [2.75, 3.05) is 0 Å². The summed E-state index contributed by atoms with van der Waals surface area (Å²) < 4.78 is 0.0417. The Morgan fingerprint density at radius 3 is 1.67 bits per heavy atom. The van der Waals surface area contributed by atoms with Crippen molar-refractivity contribution in [2.24, 2.45) is 5.73 Å². The second-order valence-corrected chi connectivity index (χ2v) is 1.29. The minimum absolute atomic E-state index is 0.0417. The van der Waals surface area contributed by atoms with E-state index in [1.165, 1.54) is 0 Å². The van der Waals surface area contributed by atoms with Crippen LogP contribution < -0.4 is 5.73 Å². The van der Waals surface area contributed by atoms with E-state index in [0.717, 1.165) is 0 Å². The Morgan fingerprint density at radius 1 is 1.67 bits per heavy atom. The molecule has 0 aromatic rings. The van der Waals surface area contributed by atoms with Gasteiger partial charge in [0.1, 0.15) is 0 Å². The Kier molecular flexibility index (Phi) is 15.2. The zero-order chi connectivity index (χ0) is 5.58. The first-order chi connectivity index (χ1) is 2.73. The summed E-state index contributed by atoms with van der Waals surface area (Å²) in [5.41, 5.74) is 4.64. The molecule has 5 heteroatoms. The summed E-state index contributed by atoms with van der Waals surface area (Å²) in [5.74, 6) is 0. The molecule has 2 nitrogen and oxygen atoms in total. The normalized spacial score (nSPS) is 4.67. The third-order valence-electron chi connectivity index (χ3n) is 0. The molecule has 0 atom stereocenters. The van der Waals surface area contributed by atoms with Crippen LogP contribution in [0, 0.1) is 5.41 Å². The Bertz CT molecular complexity index is 42.8. The van der Waals surface area contributed by atoms with E-state index in [1.54, 1.807) is 0 Å². The van der Waals surface area contributed by atoms with Crippen LogP contribution in [0.3, 0.4) is 0 Å². The predicted octanol–water partition coefficient (Wildman–Crippen LogP) is -0.684. The van der Waals surface area contributed by atoms with Gasteiger partial charge in [0.15, 0.2) is 0 Å². The summed E-state index contributed by atoms with van der Waals surface area (Å²) in [5, 5.41) is 6.22. The summed E-state index contributed by atoms with van der Waals surface area (Å²) in [6.07, 6.45) is 0. The van der Waals surface area contributed by atoms with Gasteiger partial charge in [0, 0.05) is 0 Å². The number of amidine groups is 1. The summed E-state index contributed by atoms with van der Waals surface area (Å²) >= 11 is 4.47. The van der Waals surface area contributed by atoms with E-state index in [-0.39, 0.29) is 4.73 Å². The fourth-order valence-electron chi connectivity index (χ4n) is 0. The monoisotopic (exact) mass is 235 g/mol. The van der Waals surface area contributed by atoms with Gasteiger partial charge in [-0.25, -0.2) is 0 Å². The van der Waals surface area contributed by atoms with Gasteiger partial charge in [-0.05, 0) is 0 Å². The Labute approximate surface area is 56.9 Å². The molecule has 1 radical (unpaired) electrons. The van der Waals surface area contributed by atoms with Crippen LogP contribution in [-0.4, -0.2) is 35.1 Å². The Hall–Kier alpha value is 0.729. The molecule has 0 spiro atoms. The number of hydrogen-bond acceptors (Lipinski definition) is 2. The predicted molar refractivity (Wildman–Crippen MR) is 31.0 cm³/mol. The van der Waals surface area contributed by atoms with Gasteiger partial charge in [-0.3, -0.25) is 0 Å². The van der Waals surface area contributed by atoms with Crippen LogP contribution in [-0.2, 0) is 0 Å². The molecule has 0 aromatic heterocycles. The molecule has 0 saturated carbocycles. The first-order valence-corrected chi connectivity index (χ1v) is 4.20. The molecule has 0 heterocycles. The molecule has 35 valence electrons. The molecular weight excluding hydrogens is 230 g/mol. The molecular formula is CH3N2SSe2. The van der Waals surface area contributed by atoms with E-state index in [9.17, 15) is 0 Å². The van der Waals surface area contributed by atoms with Crippen LogP contribution in [0.25, 0.3) is 0 Å². The van der Waals surface area contributed by atoms with Gasteiger partial charge in [-0.1, -0.05) is 0 Å². The Morgan fingerprint density at radius 2 is 1.67 bits per heavy atom. The molecule has 0 unspecified atom stereocenters. The molecule has 0 aliphatic heterocycles. The van der Waals surface area contributed by atoms with Gasteiger partial charge >= 0.3 is 56.8 Å². The first kappa shape index (κ1) is 9.88. The molecule has 0 aromatic carbocycles. The Balaban J connectivity index is 0. The molecule has 0 aliphatic rings. The van der Waals surface area contributed by atoms with Crippen molar-refractivity contribution in [1.82, 2.24) is 0 Å². The van der Waals surface area contributed by atoms with Crippen molar-refractivity contribution in [3.63, 3.8) is 0 Å². The second kappa shape index (κ2) is 9.21. The summed E-state index contributed by atoms with van der Waals surface area (Å²) in [6.45, 7) is 0. The van der Waals surface area contributed by atoms with Crippen molar-refractivity contribution >= 4 is 45.7 Å². The average Bonchev–Trinajstić information content (AvgIpc) is 1.41.